The Hall–Kier alpha value is -3.62. The van der Waals surface area contributed by atoms with Gasteiger partial charge in [-0.15, -0.1) is 0 Å². The number of hydrogen-bond donors (Lipinski definition) is 1. The highest BCUT2D eigenvalue weighted by Gasteiger charge is 2.17. The molecule has 1 aromatic carbocycles. The quantitative estimate of drug-likeness (QED) is 0.594. The van der Waals surface area contributed by atoms with E-state index in [4.69, 9.17) is 10.3 Å². The molecule has 4 rings (SSSR count). The normalized spacial score (nSPS) is 11.1. The van der Waals surface area contributed by atoms with Crippen LogP contribution in [0.4, 0.5) is 14.6 Å². The fourth-order valence-corrected chi connectivity index (χ4v) is 2.64. The summed E-state index contributed by atoms with van der Waals surface area (Å²) >= 11 is 0. The summed E-state index contributed by atoms with van der Waals surface area (Å²) in [6.45, 7) is 1.97. The summed E-state index contributed by atoms with van der Waals surface area (Å²) in [4.78, 5) is 7.83. The summed E-state index contributed by atoms with van der Waals surface area (Å²) in [5, 5.41) is 8.34. The molecule has 0 bridgehead atoms. The summed E-state index contributed by atoms with van der Waals surface area (Å²) in [5.74, 6) is -1.17. The van der Waals surface area contributed by atoms with E-state index < -0.39 is 5.82 Å². The molecule has 2 N–H and O–H groups in total. The van der Waals surface area contributed by atoms with Crippen LogP contribution in [0.3, 0.4) is 0 Å². The third-order valence-electron chi connectivity index (χ3n) is 4.01. The predicted octanol–water partition coefficient (Wildman–Crippen LogP) is 3.21. The molecule has 0 unspecified atom stereocenters. The number of halogens is 2. The van der Waals surface area contributed by atoms with Gasteiger partial charge in [-0.3, -0.25) is 4.68 Å². The molecule has 0 spiro atoms. The van der Waals surface area contributed by atoms with Crippen LogP contribution in [0.1, 0.15) is 11.1 Å². The average Bonchev–Trinajstić information content (AvgIpc) is 3.29. The van der Waals surface area contributed by atoms with E-state index in [1.165, 1.54) is 12.3 Å². The second-order valence-electron chi connectivity index (χ2n) is 5.98. The van der Waals surface area contributed by atoms with Crippen molar-refractivity contribution in [3.8, 4) is 22.9 Å². The number of nitrogens with two attached hydrogens (primary N) is 1. The van der Waals surface area contributed by atoms with Crippen molar-refractivity contribution < 1.29 is 13.3 Å². The lowest BCUT2D eigenvalue weighted by atomic mass is 10.1. The number of nitrogens with zero attached hydrogens (tertiary/aromatic N) is 5. The molecule has 4 aromatic rings. The molecule has 0 amide bonds. The molecule has 0 saturated carbocycles. The summed E-state index contributed by atoms with van der Waals surface area (Å²) in [5.41, 5.74) is 8.24. The summed E-state index contributed by atoms with van der Waals surface area (Å²) in [7, 11) is 0. The highest BCUT2D eigenvalue weighted by Crippen LogP contribution is 2.25. The molecule has 27 heavy (non-hydrogen) atoms. The van der Waals surface area contributed by atoms with Gasteiger partial charge in [0.1, 0.15) is 23.5 Å². The first-order chi connectivity index (χ1) is 13.0. The van der Waals surface area contributed by atoms with Crippen molar-refractivity contribution >= 4 is 5.82 Å². The predicted molar refractivity (Wildman–Crippen MR) is 93.4 cm³/mol. The van der Waals surface area contributed by atoms with Gasteiger partial charge in [0, 0.05) is 11.6 Å². The lowest BCUT2D eigenvalue weighted by Crippen LogP contribution is -2.06. The van der Waals surface area contributed by atoms with E-state index in [-0.39, 0.29) is 24.0 Å². The molecule has 136 valence electrons. The monoisotopic (exact) mass is 368 g/mol. The Kier molecular flexibility index (Phi) is 4.11. The van der Waals surface area contributed by atoms with Crippen molar-refractivity contribution in [2.24, 2.45) is 0 Å². The number of hydrogen-bond acceptors (Lipinski definition) is 6. The number of anilines is 1. The Morgan fingerprint density at radius 1 is 1.11 bits per heavy atom. The highest BCUT2D eigenvalue weighted by molar-refractivity contribution is 5.63. The van der Waals surface area contributed by atoms with Crippen LogP contribution in [0.25, 0.3) is 22.9 Å². The van der Waals surface area contributed by atoms with Crippen LogP contribution in [0.2, 0.25) is 0 Å². The minimum atomic E-state index is -0.711. The van der Waals surface area contributed by atoms with Gasteiger partial charge in [-0.05, 0) is 24.6 Å². The van der Waals surface area contributed by atoms with E-state index in [1.807, 2.05) is 13.0 Å². The van der Waals surface area contributed by atoms with Crippen molar-refractivity contribution in [2.75, 3.05) is 5.73 Å². The van der Waals surface area contributed by atoms with Crippen LogP contribution >= 0.6 is 0 Å². The molecule has 3 heterocycles. The molecule has 0 aliphatic heterocycles. The lowest BCUT2D eigenvalue weighted by molar-refractivity contribution is 0.421. The molecular formula is C18H14F2N6O. The Balaban J connectivity index is 1.79. The SMILES string of the molecule is Cc1ccc(Cn2nc(-c3ncc(F)c(N)n3)cc2-c2ccon2)c(F)c1. The van der Waals surface area contributed by atoms with Gasteiger partial charge in [0.25, 0.3) is 0 Å². The van der Waals surface area contributed by atoms with Crippen molar-refractivity contribution in [3.05, 3.63) is 65.6 Å². The second kappa shape index (κ2) is 6.60. The Labute approximate surface area is 152 Å². The summed E-state index contributed by atoms with van der Waals surface area (Å²) in [6, 6.07) is 8.30. The van der Waals surface area contributed by atoms with Crippen LogP contribution < -0.4 is 5.73 Å². The van der Waals surface area contributed by atoms with Crippen molar-refractivity contribution in [2.45, 2.75) is 13.5 Å². The first kappa shape index (κ1) is 16.8. The molecule has 7 nitrogen and oxygen atoms in total. The maximum Gasteiger partial charge on any atom is 0.183 e. The molecular weight excluding hydrogens is 354 g/mol. The summed E-state index contributed by atoms with van der Waals surface area (Å²) < 4.78 is 34.1. The van der Waals surface area contributed by atoms with Crippen LogP contribution in [0.5, 0.6) is 0 Å². The molecule has 3 aromatic heterocycles. The number of nitrogen functional groups attached to an aromatic ring is 1. The van der Waals surface area contributed by atoms with E-state index in [0.717, 1.165) is 11.8 Å². The van der Waals surface area contributed by atoms with Gasteiger partial charge >= 0.3 is 0 Å². The average molecular weight is 368 g/mol. The van der Waals surface area contributed by atoms with Crippen LogP contribution in [-0.2, 0) is 6.54 Å². The molecule has 0 saturated heterocycles. The first-order valence-corrected chi connectivity index (χ1v) is 8.03. The van der Waals surface area contributed by atoms with Crippen LogP contribution in [-0.4, -0.2) is 24.9 Å². The van der Waals surface area contributed by atoms with Crippen LogP contribution in [0.15, 0.2) is 47.3 Å². The van der Waals surface area contributed by atoms with E-state index in [2.05, 4.69) is 20.2 Å². The topological polar surface area (TPSA) is 95.7 Å². The van der Waals surface area contributed by atoms with Gasteiger partial charge < -0.3 is 10.3 Å². The molecule has 0 atom stereocenters. The summed E-state index contributed by atoms with van der Waals surface area (Å²) in [6.07, 6.45) is 2.40. The smallest absolute Gasteiger partial charge is 0.183 e. The standard InChI is InChI=1S/C18H14F2N6O/c1-10-2-3-11(12(19)6-10)9-26-16(14-4-5-27-25-14)7-15(24-26)18-22-8-13(20)17(21)23-18/h2-8H,9H2,1H3,(H2,21,22,23). The Morgan fingerprint density at radius 2 is 1.96 bits per heavy atom. The molecule has 0 aliphatic carbocycles. The number of benzene rings is 1. The van der Waals surface area contributed by atoms with Gasteiger partial charge in [-0.25, -0.2) is 18.7 Å². The largest absolute Gasteiger partial charge is 0.381 e. The van der Waals surface area contributed by atoms with E-state index >= 15 is 0 Å². The zero-order valence-corrected chi connectivity index (χ0v) is 14.2. The van der Waals surface area contributed by atoms with Gasteiger partial charge in [0.15, 0.2) is 17.5 Å². The Bertz CT molecular complexity index is 1110. The van der Waals surface area contributed by atoms with E-state index in [1.54, 1.807) is 22.9 Å². The number of rotatable bonds is 4. The van der Waals surface area contributed by atoms with Crippen molar-refractivity contribution in [3.63, 3.8) is 0 Å². The fourth-order valence-electron chi connectivity index (χ4n) is 2.64. The second-order valence-corrected chi connectivity index (χ2v) is 5.98. The third-order valence-corrected chi connectivity index (χ3v) is 4.01. The molecule has 0 aliphatic rings. The highest BCUT2D eigenvalue weighted by atomic mass is 19.1. The third kappa shape index (κ3) is 3.26. The van der Waals surface area contributed by atoms with Crippen LogP contribution in [0, 0.1) is 18.6 Å². The van der Waals surface area contributed by atoms with E-state index in [9.17, 15) is 8.78 Å². The number of aryl methyl sites for hydroxylation is 1. The minimum Gasteiger partial charge on any atom is -0.381 e. The zero-order valence-electron chi connectivity index (χ0n) is 14.2. The zero-order chi connectivity index (χ0) is 19.0. The fraction of sp³-hybridized carbons (Fsp3) is 0.111. The first-order valence-electron chi connectivity index (χ1n) is 8.03. The minimum absolute atomic E-state index is 0.154. The molecule has 0 fully saturated rings. The van der Waals surface area contributed by atoms with Gasteiger partial charge in [0.05, 0.1) is 18.4 Å². The molecule has 0 radical (unpaired) electrons. The maximum absolute atomic E-state index is 14.3. The Morgan fingerprint density at radius 3 is 2.67 bits per heavy atom. The van der Waals surface area contributed by atoms with Crippen molar-refractivity contribution in [1.82, 2.24) is 24.9 Å². The van der Waals surface area contributed by atoms with Gasteiger partial charge in [-0.1, -0.05) is 17.3 Å². The van der Waals surface area contributed by atoms with Crippen molar-refractivity contribution in [1.29, 1.82) is 0 Å². The maximum atomic E-state index is 14.3. The van der Waals surface area contributed by atoms with E-state index in [0.29, 0.717) is 22.6 Å². The lowest BCUT2D eigenvalue weighted by Gasteiger charge is -2.07. The van der Waals surface area contributed by atoms with Gasteiger partial charge in [0.2, 0.25) is 0 Å². The number of aromatic nitrogens is 5. The van der Waals surface area contributed by atoms with Gasteiger partial charge in [-0.2, -0.15) is 5.10 Å². The molecule has 9 heteroatoms.